The van der Waals surface area contributed by atoms with Crippen molar-refractivity contribution in [1.29, 1.82) is 0 Å². The second kappa shape index (κ2) is 11.4. The molecule has 0 radical (unpaired) electrons. The third kappa shape index (κ3) is 7.67. The quantitative estimate of drug-likeness (QED) is 0.527. The van der Waals surface area contributed by atoms with Crippen LogP contribution in [0, 0.1) is 0 Å². The van der Waals surface area contributed by atoms with Gasteiger partial charge in [-0.05, 0) is 43.2 Å². The SMILES string of the molecule is CCOCCCNC(=O)COc1ccc(S(=O)(=O)NCc2ccccc2)cc1. The van der Waals surface area contributed by atoms with Crippen molar-refractivity contribution in [3.8, 4) is 5.75 Å². The Morgan fingerprint density at radius 3 is 2.43 bits per heavy atom. The minimum atomic E-state index is -3.62. The van der Waals surface area contributed by atoms with E-state index < -0.39 is 10.0 Å². The molecule has 7 nitrogen and oxygen atoms in total. The lowest BCUT2D eigenvalue weighted by molar-refractivity contribution is -0.123. The van der Waals surface area contributed by atoms with Crippen molar-refractivity contribution < 1.29 is 22.7 Å². The van der Waals surface area contributed by atoms with Crippen molar-refractivity contribution in [2.24, 2.45) is 0 Å². The summed E-state index contributed by atoms with van der Waals surface area (Å²) >= 11 is 0. The lowest BCUT2D eigenvalue weighted by atomic mass is 10.2. The number of rotatable bonds is 12. The molecule has 0 heterocycles. The molecular weight excluding hydrogens is 380 g/mol. The summed E-state index contributed by atoms with van der Waals surface area (Å²) in [7, 11) is -3.62. The molecule has 1 amide bonds. The van der Waals surface area contributed by atoms with Gasteiger partial charge in [-0.15, -0.1) is 0 Å². The summed E-state index contributed by atoms with van der Waals surface area (Å²) in [6.45, 7) is 3.78. The van der Waals surface area contributed by atoms with Crippen molar-refractivity contribution >= 4 is 15.9 Å². The molecule has 0 aliphatic carbocycles. The lowest BCUT2D eigenvalue weighted by Crippen LogP contribution is -2.30. The molecule has 2 aromatic rings. The van der Waals surface area contributed by atoms with Crippen molar-refractivity contribution in [2.45, 2.75) is 24.8 Å². The van der Waals surface area contributed by atoms with Crippen LogP contribution in [0.25, 0.3) is 0 Å². The van der Waals surface area contributed by atoms with E-state index in [0.29, 0.717) is 25.5 Å². The molecule has 0 saturated carbocycles. The smallest absolute Gasteiger partial charge is 0.257 e. The van der Waals surface area contributed by atoms with Gasteiger partial charge in [0.25, 0.3) is 5.91 Å². The second-order valence-corrected chi connectivity index (χ2v) is 7.74. The molecule has 0 aliphatic rings. The van der Waals surface area contributed by atoms with Gasteiger partial charge in [0.2, 0.25) is 10.0 Å². The zero-order valence-corrected chi connectivity index (χ0v) is 16.7. The number of amides is 1. The van der Waals surface area contributed by atoms with Gasteiger partial charge in [0, 0.05) is 26.3 Å². The third-order valence-electron chi connectivity index (χ3n) is 3.80. The molecule has 2 N–H and O–H groups in total. The molecule has 0 fully saturated rings. The number of benzene rings is 2. The van der Waals surface area contributed by atoms with Crippen LogP contribution in [0.4, 0.5) is 0 Å². The summed E-state index contributed by atoms with van der Waals surface area (Å²) in [5.41, 5.74) is 0.873. The number of ether oxygens (including phenoxy) is 2. The minimum Gasteiger partial charge on any atom is -0.484 e. The predicted octanol–water partition coefficient (Wildman–Crippen LogP) is 2.09. The van der Waals surface area contributed by atoms with E-state index in [2.05, 4.69) is 10.0 Å². The van der Waals surface area contributed by atoms with Crippen LogP contribution in [0.2, 0.25) is 0 Å². The Bertz CT molecular complexity index is 823. The highest BCUT2D eigenvalue weighted by Gasteiger charge is 2.13. The summed E-state index contributed by atoms with van der Waals surface area (Å²) < 4.78 is 37.8. The minimum absolute atomic E-state index is 0.132. The van der Waals surface area contributed by atoms with Gasteiger partial charge in [-0.25, -0.2) is 13.1 Å². The lowest BCUT2D eigenvalue weighted by Gasteiger charge is -2.09. The van der Waals surface area contributed by atoms with Gasteiger partial charge in [-0.3, -0.25) is 4.79 Å². The van der Waals surface area contributed by atoms with Crippen LogP contribution in [0.3, 0.4) is 0 Å². The number of sulfonamides is 1. The molecule has 0 unspecified atom stereocenters. The maximum absolute atomic E-state index is 12.3. The summed E-state index contributed by atoms with van der Waals surface area (Å²) in [5.74, 6) is 0.184. The normalized spacial score (nSPS) is 11.2. The van der Waals surface area contributed by atoms with E-state index in [0.717, 1.165) is 12.0 Å². The fraction of sp³-hybridized carbons (Fsp3) is 0.350. The van der Waals surface area contributed by atoms with Crippen LogP contribution in [-0.4, -0.2) is 40.7 Å². The monoisotopic (exact) mass is 406 g/mol. The number of hydrogen-bond acceptors (Lipinski definition) is 5. The fourth-order valence-corrected chi connectivity index (χ4v) is 3.34. The van der Waals surface area contributed by atoms with E-state index >= 15 is 0 Å². The van der Waals surface area contributed by atoms with Gasteiger partial charge in [-0.1, -0.05) is 30.3 Å². The van der Waals surface area contributed by atoms with Crippen molar-refractivity contribution in [3.63, 3.8) is 0 Å². The molecule has 8 heteroatoms. The predicted molar refractivity (Wildman–Crippen MR) is 107 cm³/mol. The Morgan fingerprint density at radius 1 is 1.04 bits per heavy atom. The molecule has 0 atom stereocenters. The Hall–Kier alpha value is -2.42. The van der Waals surface area contributed by atoms with E-state index in [1.165, 1.54) is 24.3 Å². The van der Waals surface area contributed by atoms with Crippen LogP contribution < -0.4 is 14.8 Å². The zero-order chi connectivity index (χ0) is 20.2. The standard InChI is InChI=1S/C20H26N2O5S/c1-2-26-14-6-13-21-20(23)16-27-18-9-11-19(12-10-18)28(24,25)22-15-17-7-4-3-5-8-17/h3-5,7-12,22H,2,6,13-16H2,1H3,(H,21,23). The van der Waals surface area contributed by atoms with Gasteiger partial charge in [0.1, 0.15) is 5.75 Å². The van der Waals surface area contributed by atoms with Gasteiger partial charge in [0.15, 0.2) is 6.61 Å². The second-order valence-electron chi connectivity index (χ2n) is 5.97. The first-order valence-corrected chi connectivity index (χ1v) is 10.6. The molecular formula is C20H26N2O5S. The third-order valence-corrected chi connectivity index (χ3v) is 5.22. The first kappa shape index (κ1) is 21.9. The summed E-state index contributed by atoms with van der Waals surface area (Å²) in [6.07, 6.45) is 0.738. The average molecular weight is 407 g/mol. The first-order valence-electron chi connectivity index (χ1n) is 9.12. The zero-order valence-electron chi connectivity index (χ0n) is 15.9. The molecule has 2 rings (SSSR count). The summed E-state index contributed by atoms with van der Waals surface area (Å²) in [4.78, 5) is 11.8. The van der Waals surface area contributed by atoms with E-state index in [1.54, 1.807) is 0 Å². The van der Waals surface area contributed by atoms with Crippen LogP contribution in [0.5, 0.6) is 5.75 Å². The molecule has 0 spiro atoms. The Labute approximate surface area is 166 Å². The number of carbonyl (C=O) groups is 1. The van der Waals surface area contributed by atoms with Crippen molar-refractivity contribution in [3.05, 3.63) is 60.2 Å². The van der Waals surface area contributed by atoms with E-state index in [-0.39, 0.29) is 24.0 Å². The molecule has 152 valence electrons. The van der Waals surface area contributed by atoms with Crippen LogP contribution in [-0.2, 0) is 26.1 Å². The van der Waals surface area contributed by atoms with Crippen molar-refractivity contribution in [1.82, 2.24) is 10.0 Å². The average Bonchev–Trinajstić information content (AvgIpc) is 2.72. The van der Waals surface area contributed by atoms with Gasteiger partial charge in [-0.2, -0.15) is 0 Å². The molecule has 28 heavy (non-hydrogen) atoms. The largest absolute Gasteiger partial charge is 0.484 e. The van der Waals surface area contributed by atoms with Crippen molar-refractivity contribution in [2.75, 3.05) is 26.4 Å². The van der Waals surface area contributed by atoms with Gasteiger partial charge < -0.3 is 14.8 Å². The van der Waals surface area contributed by atoms with E-state index in [1.807, 2.05) is 37.3 Å². The Morgan fingerprint density at radius 2 is 1.75 bits per heavy atom. The molecule has 0 aliphatic heterocycles. The molecule has 0 aromatic heterocycles. The van der Waals surface area contributed by atoms with Crippen LogP contribution >= 0.6 is 0 Å². The molecule has 0 bridgehead atoms. The van der Waals surface area contributed by atoms with E-state index in [4.69, 9.17) is 9.47 Å². The number of nitrogens with one attached hydrogen (secondary N) is 2. The topological polar surface area (TPSA) is 93.7 Å². The van der Waals surface area contributed by atoms with Gasteiger partial charge in [0.05, 0.1) is 4.90 Å². The highest BCUT2D eigenvalue weighted by atomic mass is 32.2. The number of carbonyl (C=O) groups excluding carboxylic acids is 1. The molecule has 2 aromatic carbocycles. The van der Waals surface area contributed by atoms with Gasteiger partial charge >= 0.3 is 0 Å². The number of hydrogen-bond donors (Lipinski definition) is 2. The first-order chi connectivity index (χ1) is 13.5. The summed E-state index contributed by atoms with van der Waals surface area (Å²) in [6, 6.07) is 15.2. The fourth-order valence-electron chi connectivity index (χ4n) is 2.32. The van der Waals surface area contributed by atoms with Crippen LogP contribution in [0.1, 0.15) is 18.9 Å². The Kier molecular flexibility index (Phi) is 8.93. The maximum Gasteiger partial charge on any atom is 0.257 e. The van der Waals surface area contributed by atoms with E-state index in [9.17, 15) is 13.2 Å². The molecule has 0 saturated heterocycles. The maximum atomic E-state index is 12.3. The Balaban J connectivity index is 1.78. The summed E-state index contributed by atoms with van der Waals surface area (Å²) in [5, 5.41) is 2.73. The highest BCUT2D eigenvalue weighted by Crippen LogP contribution is 2.16. The highest BCUT2D eigenvalue weighted by molar-refractivity contribution is 7.89. The van der Waals surface area contributed by atoms with Crippen LogP contribution in [0.15, 0.2) is 59.5 Å².